The van der Waals surface area contributed by atoms with Crippen molar-refractivity contribution < 1.29 is 23.5 Å². The molecule has 3 rings (SSSR count). The SMILES string of the molecule is CC1CCCCC1NC(=O)NC(=O)COC(=O)c1ccc(-c2cnco2)cc1. The monoisotopic (exact) mass is 385 g/mol. The predicted molar refractivity (Wildman–Crippen MR) is 100 cm³/mol. The zero-order chi connectivity index (χ0) is 19.9. The first-order valence-corrected chi connectivity index (χ1v) is 9.29. The number of nitrogens with zero attached hydrogens (tertiary/aromatic N) is 1. The van der Waals surface area contributed by atoms with Gasteiger partial charge in [-0.2, -0.15) is 0 Å². The summed E-state index contributed by atoms with van der Waals surface area (Å²) in [6, 6.07) is 6.01. The number of hydrogen-bond acceptors (Lipinski definition) is 6. The Balaban J connectivity index is 1.43. The third-order valence-electron chi connectivity index (χ3n) is 4.85. The minimum absolute atomic E-state index is 0.0620. The van der Waals surface area contributed by atoms with Gasteiger partial charge < -0.3 is 14.5 Å². The fourth-order valence-electron chi connectivity index (χ4n) is 3.24. The molecule has 1 fully saturated rings. The number of benzene rings is 1. The first-order chi connectivity index (χ1) is 13.5. The molecule has 3 amide bonds. The van der Waals surface area contributed by atoms with Crippen LogP contribution < -0.4 is 10.6 Å². The van der Waals surface area contributed by atoms with Crippen LogP contribution in [0.3, 0.4) is 0 Å². The summed E-state index contributed by atoms with van der Waals surface area (Å²) in [5, 5.41) is 5.01. The van der Waals surface area contributed by atoms with Gasteiger partial charge in [-0.05, 0) is 30.9 Å². The fraction of sp³-hybridized carbons (Fsp3) is 0.400. The van der Waals surface area contributed by atoms with E-state index in [4.69, 9.17) is 9.15 Å². The second-order valence-corrected chi connectivity index (χ2v) is 6.91. The summed E-state index contributed by atoms with van der Waals surface area (Å²) in [6.07, 6.45) is 7.08. The Morgan fingerprint density at radius 1 is 1.18 bits per heavy atom. The van der Waals surface area contributed by atoms with Crippen molar-refractivity contribution in [3.05, 3.63) is 42.4 Å². The average molecular weight is 385 g/mol. The van der Waals surface area contributed by atoms with Gasteiger partial charge in [-0.15, -0.1) is 0 Å². The second kappa shape index (κ2) is 9.16. The Morgan fingerprint density at radius 2 is 1.93 bits per heavy atom. The van der Waals surface area contributed by atoms with Crippen molar-refractivity contribution in [3.8, 4) is 11.3 Å². The van der Waals surface area contributed by atoms with Crippen molar-refractivity contribution in [2.45, 2.75) is 38.6 Å². The van der Waals surface area contributed by atoms with Crippen molar-refractivity contribution in [3.63, 3.8) is 0 Å². The molecule has 148 valence electrons. The number of hydrogen-bond donors (Lipinski definition) is 2. The first kappa shape index (κ1) is 19.6. The number of oxazole rings is 1. The molecule has 2 aromatic rings. The molecule has 1 saturated carbocycles. The largest absolute Gasteiger partial charge is 0.452 e. The molecule has 2 atom stereocenters. The number of amides is 3. The van der Waals surface area contributed by atoms with E-state index in [0.717, 1.165) is 31.2 Å². The highest BCUT2D eigenvalue weighted by molar-refractivity contribution is 5.97. The van der Waals surface area contributed by atoms with E-state index in [-0.39, 0.29) is 11.6 Å². The molecule has 8 heteroatoms. The quantitative estimate of drug-likeness (QED) is 0.766. The lowest BCUT2D eigenvalue weighted by atomic mass is 9.86. The standard InChI is InChI=1S/C20H23N3O5/c1-13-4-2-3-5-16(13)22-20(26)23-18(24)11-27-19(25)15-8-6-14(7-9-15)17-10-21-12-28-17/h6-10,12-13,16H,2-5,11H2,1H3,(H2,22,23,24,26). The average Bonchev–Trinajstić information content (AvgIpc) is 3.23. The van der Waals surface area contributed by atoms with Crippen LogP contribution >= 0.6 is 0 Å². The van der Waals surface area contributed by atoms with E-state index in [1.54, 1.807) is 30.5 Å². The number of imide groups is 1. The third-order valence-corrected chi connectivity index (χ3v) is 4.85. The summed E-state index contributed by atoms with van der Waals surface area (Å²) in [6.45, 7) is 1.55. The van der Waals surface area contributed by atoms with Crippen LogP contribution in [0.1, 0.15) is 43.0 Å². The van der Waals surface area contributed by atoms with E-state index >= 15 is 0 Å². The number of rotatable bonds is 5. The minimum Gasteiger partial charge on any atom is -0.452 e. The molecule has 0 bridgehead atoms. The molecule has 0 spiro atoms. The Morgan fingerprint density at radius 3 is 2.61 bits per heavy atom. The van der Waals surface area contributed by atoms with Crippen LogP contribution in [-0.4, -0.2) is 35.5 Å². The molecule has 2 unspecified atom stereocenters. The molecule has 1 aromatic heterocycles. The maximum absolute atomic E-state index is 12.1. The van der Waals surface area contributed by atoms with Crippen LogP contribution in [0.2, 0.25) is 0 Å². The summed E-state index contributed by atoms with van der Waals surface area (Å²) in [5.74, 6) is -0.363. The maximum atomic E-state index is 12.1. The molecule has 1 aliphatic carbocycles. The van der Waals surface area contributed by atoms with Gasteiger partial charge in [-0.3, -0.25) is 10.1 Å². The van der Waals surface area contributed by atoms with Gasteiger partial charge in [0.1, 0.15) is 0 Å². The number of carbonyl (C=O) groups excluding carboxylic acids is 3. The zero-order valence-corrected chi connectivity index (χ0v) is 15.6. The van der Waals surface area contributed by atoms with Crippen molar-refractivity contribution in [1.82, 2.24) is 15.6 Å². The van der Waals surface area contributed by atoms with Gasteiger partial charge in [0.2, 0.25) is 0 Å². The van der Waals surface area contributed by atoms with Crippen LogP contribution in [-0.2, 0) is 9.53 Å². The Kier molecular flexibility index (Phi) is 6.41. The summed E-state index contributed by atoms with van der Waals surface area (Å²) in [4.78, 5) is 39.7. The Labute approximate surface area is 162 Å². The minimum atomic E-state index is -0.674. The van der Waals surface area contributed by atoms with E-state index in [1.165, 1.54) is 6.39 Å². The lowest BCUT2D eigenvalue weighted by molar-refractivity contribution is -0.123. The van der Waals surface area contributed by atoms with Gasteiger partial charge in [-0.1, -0.05) is 31.9 Å². The highest BCUT2D eigenvalue weighted by Gasteiger charge is 2.23. The number of esters is 1. The Bertz CT molecular complexity index is 817. The van der Waals surface area contributed by atoms with Crippen molar-refractivity contribution in [2.75, 3.05) is 6.61 Å². The van der Waals surface area contributed by atoms with Crippen LogP contribution in [0.15, 0.2) is 41.3 Å². The van der Waals surface area contributed by atoms with Gasteiger partial charge >= 0.3 is 12.0 Å². The van der Waals surface area contributed by atoms with Crippen LogP contribution in [0.5, 0.6) is 0 Å². The lowest BCUT2D eigenvalue weighted by Gasteiger charge is -2.29. The number of carbonyl (C=O) groups is 3. The predicted octanol–water partition coefficient (Wildman–Crippen LogP) is 2.90. The number of ether oxygens (including phenoxy) is 1. The highest BCUT2D eigenvalue weighted by atomic mass is 16.5. The van der Waals surface area contributed by atoms with Gasteiger partial charge in [0.15, 0.2) is 18.8 Å². The first-order valence-electron chi connectivity index (χ1n) is 9.29. The molecule has 2 N–H and O–H groups in total. The molecule has 0 radical (unpaired) electrons. The number of aromatic nitrogens is 1. The van der Waals surface area contributed by atoms with Crippen molar-refractivity contribution >= 4 is 17.9 Å². The fourth-order valence-corrected chi connectivity index (χ4v) is 3.24. The lowest BCUT2D eigenvalue weighted by Crippen LogP contribution is -2.48. The van der Waals surface area contributed by atoms with E-state index in [9.17, 15) is 14.4 Å². The highest BCUT2D eigenvalue weighted by Crippen LogP contribution is 2.23. The topological polar surface area (TPSA) is 111 Å². The van der Waals surface area contributed by atoms with E-state index in [2.05, 4.69) is 22.5 Å². The number of urea groups is 1. The molecule has 28 heavy (non-hydrogen) atoms. The van der Waals surface area contributed by atoms with Crippen molar-refractivity contribution in [2.24, 2.45) is 5.92 Å². The summed E-state index contributed by atoms with van der Waals surface area (Å²) >= 11 is 0. The van der Waals surface area contributed by atoms with E-state index in [1.807, 2.05) is 0 Å². The molecule has 1 heterocycles. The maximum Gasteiger partial charge on any atom is 0.338 e. The van der Waals surface area contributed by atoms with Gasteiger partial charge in [0.05, 0.1) is 11.8 Å². The molecule has 1 aromatic carbocycles. The molecule has 0 aliphatic heterocycles. The van der Waals surface area contributed by atoms with E-state index in [0.29, 0.717) is 11.7 Å². The number of nitrogens with one attached hydrogen (secondary N) is 2. The smallest absolute Gasteiger partial charge is 0.338 e. The summed E-state index contributed by atoms with van der Waals surface area (Å²) < 4.78 is 10.1. The van der Waals surface area contributed by atoms with Gasteiger partial charge in [-0.25, -0.2) is 14.6 Å². The van der Waals surface area contributed by atoms with Gasteiger partial charge in [0.25, 0.3) is 5.91 Å². The Hall–Kier alpha value is -3.16. The molecular formula is C20H23N3O5. The normalized spacial score (nSPS) is 18.9. The van der Waals surface area contributed by atoms with Crippen molar-refractivity contribution in [1.29, 1.82) is 0 Å². The molecule has 0 saturated heterocycles. The molecule has 8 nitrogen and oxygen atoms in total. The van der Waals surface area contributed by atoms with Crippen LogP contribution in [0.25, 0.3) is 11.3 Å². The van der Waals surface area contributed by atoms with Gasteiger partial charge in [0, 0.05) is 11.6 Å². The third kappa shape index (κ3) is 5.18. The summed E-state index contributed by atoms with van der Waals surface area (Å²) in [7, 11) is 0. The summed E-state index contributed by atoms with van der Waals surface area (Å²) in [5.41, 5.74) is 1.05. The van der Waals surface area contributed by atoms with E-state index < -0.39 is 24.5 Å². The second-order valence-electron chi connectivity index (χ2n) is 6.91. The molecular weight excluding hydrogens is 362 g/mol. The molecule has 1 aliphatic rings. The van der Waals surface area contributed by atoms with Crippen LogP contribution in [0, 0.1) is 5.92 Å². The van der Waals surface area contributed by atoms with Crippen LogP contribution in [0.4, 0.5) is 4.79 Å². The zero-order valence-electron chi connectivity index (χ0n) is 15.6.